The summed E-state index contributed by atoms with van der Waals surface area (Å²) < 4.78 is 5.98. The van der Waals surface area contributed by atoms with Crippen LogP contribution in [-0.4, -0.2) is 61.0 Å². The summed E-state index contributed by atoms with van der Waals surface area (Å²) in [5.74, 6) is 2.85. The molecule has 160 valence electrons. The standard InChI is InChI=1S/C24H27N5O2/c1-18-17-22(27(2)3)26-24(25-18)29-15-13-28(14-16-29)23(30)20-11-7-8-12-21(20)31-19-9-5-4-6-10-19/h4-12,17H,13-16H2,1-3H3. The molecule has 0 atom stereocenters. The van der Waals surface area contributed by atoms with Gasteiger partial charge < -0.3 is 19.4 Å². The van der Waals surface area contributed by atoms with Crippen LogP contribution in [0.4, 0.5) is 11.8 Å². The molecule has 0 saturated carbocycles. The van der Waals surface area contributed by atoms with E-state index in [1.165, 1.54) is 0 Å². The van der Waals surface area contributed by atoms with Gasteiger partial charge in [-0.05, 0) is 31.2 Å². The molecule has 7 heteroatoms. The molecule has 0 bridgehead atoms. The number of para-hydroxylation sites is 2. The highest BCUT2D eigenvalue weighted by atomic mass is 16.5. The van der Waals surface area contributed by atoms with Crippen LogP contribution in [0, 0.1) is 6.92 Å². The van der Waals surface area contributed by atoms with Crippen LogP contribution in [0.1, 0.15) is 16.1 Å². The highest BCUT2D eigenvalue weighted by Crippen LogP contribution is 2.27. The molecule has 2 aromatic carbocycles. The number of aromatic nitrogens is 2. The average Bonchev–Trinajstić information content (AvgIpc) is 2.79. The average molecular weight is 418 g/mol. The van der Waals surface area contributed by atoms with Gasteiger partial charge in [0.15, 0.2) is 0 Å². The third-order valence-electron chi connectivity index (χ3n) is 5.23. The third kappa shape index (κ3) is 4.77. The summed E-state index contributed by atoms with van der Waals surface area (Å²) in [6.07, 6.45) is 0. The summed E-state index contributed by atoms with van der Waals surface area (Å²) >= 11 is 0. The number of nitrogens with zero attached hydrogens (tertiary/aromatic N) is 5. The Labute approximate surface area is 182 Å². The molecule has 31 heavy (non-hydrogen) atoms. The van der Waals surface area contributed by atoms with Crippen LogP contribution in [0.3, 0.4) is 0 Å². The fourth-order valence-electron chi connectivity index (χ4n) is 3.53. The Hall–Kier alpha value is -3.61. The van der Waals surface area contributed by atoms with Crippen LogP contribution in [0.2, 0.25) is 0 Å². The van der Waals surface area contributed by atoms with Gasteiger partial charge in [0.2, 0.25) is 5.95 Å². The van der Waals surface area contributed by atoms with Crippen LogP contribution in [0.5, 0.6) is 11.5 Å². The minimum absolute atomic E-state index is 0.0228. The molecule has 0 N–H and O–H groups in total. The zero-order chi connectivity index (χ0) is 21.8. The first kappa shape index (κ1) is 20.7. The van der Waals surface area contributed by atoms with Crippen LogP contribution in [0.15, 0.2) is 60.7 Å². The molecule has 1 aromatic heterocycles. The lowest BCUT2D eigenvalue weighted by molar-refractivity contribution is 0.0743. The molecule has 3 aromatic rings. The van der Waals surface area contributed by atoms with Crippen molar-refractivity contribution in [3.8, 4) is 11.5 Å². The van der Waals surface area contributed by atoms with Gasteiger partial charge in [0.1, 0.15) is 17.3 Å². The van der Waals surface area contributed by atoms with Crippen molar-refractivity contribution in [3.05, 3.63) is 71.9 Å². The van der Waals surface area contributed by atoms with Crippen molar-refractivity contribution in [2.45, 2.75) is 6.92 Å². The van der Waals surface area contributed by atoms with Gasteiger partial charge in [-0.15, -0.1) is 0 Å². The number of ether oxygens (including phenoxy) is 1. The molecule has 0 unspecified atom stereocenters. The van der Waals surface area contributed by atoms with E-state index in [9.17, 15) is 4.79 Å². The predicted molar refractivity (Wildman–Crippen MR) is 122 cm³/mol. The number of carbonyl (C=O) groups excluding carboxylic acids is 1. The third-order valence-corrected chi connectivity index (χ3v) is 5.23. The molecule has 1 aliphatic rings. The maximum absolute atomic E-state index is 13.2. The Morgan fingerprint density at radius 3 is 2.32 bits per heavy atom. The number of anilines is 2. The van der Waals surface area contributed by atoms with E-state index in [0.29, 0.717) is 49.2 Å². The quantitative estimate of drug-likeness (QED) is 0.632. The monoisotopic (exact) mass is 417 g/mol. The lowest BCUT2D eigenvalue weighted by atomic mass is 10.1. The number of rotatable bonds is 5. The Morgan fingerprint density at radius 2 is 1.61 bits per heavy atom. The van der Waals surface area contributed by atoms with Crippen molar-refractivity contribution in [1.29, 1.82) is 0 Å². The van der Waals surface area contributed by atoms with E-state index in [-0.39, 0.29) is 5.91 Å². The molecular formula is C24H27N5O2. The molecule has 0 spiro atoms. The number of hydrogen-bond acceptors (Lipinski definition) is 6. The topological polar surface area (TPSA) is 61.8 Å². The summed E-state index contributed by atoms with van der Waals surface area (Å²) in [5.41, 5.74) is 1.50. The highest BCUT2D eigenvalue weighted by molar-refractivity contribution is 5.97. The van der Waals surface area contributed by atoms with Gasteiger partial charge in [-0.1, -0.05) is 30.3 Å². The Bertz CT molecular complexity index is 1050. The fourth-order valence-corrected chi connectivity index (χ4v) is 3.53. The van der Waals surface area contributed by atoms with Gasteiger partial charge in [-0.3, -0.25) is 4.79 Å². The minimum atomic E-state index is -0.0228. The molecule has 1 amide bonds. The van der Waals surface area contributed by atoms with Crippen LogP contribution in [0.25, 0.3) is 0 Å². The number of amides is 1. The lowest BCUT2D eigenvalue weighted by Crippen LogP contribution is -2.49. The van der Waals surface area contributed by atoms with Crippen molar-refractivity contribution in [1.82, 2.24) is 14.9 Å². The molecule has 0 aliphatic carbocycles. The van der Waals surface area contributed by atoms with Gasteiger partial charge in [-0.2, -0.15) is 4.98 Å². The second-order valence-electron chi connectivity index (χ2n) is 7.75. The smallest absolute Gasteiger partial charge is 0.257 e. The summed E-state index contributed by atoms with van der Waals surface area (Å²) in [5, 5.41) is 0. The molecular weight excluding hydrogens is 390 g/mol. The van der Waals surface area contributed by atoms with Crippen molar-refractivity contribution in [3.63, 3.8) is 0 Å². The van der Waals surface area contributed by atoms with Gasteiger partial charge in [0.05, 0.1) is 5.56 Å². The summed E-state index contributed by atoms with van der Waals surface area (Å²) in [6, 6.07) is 18.9. The maximum atomic E-state index is 13.2. The highest BCUT2D eigenvalue weighted by Gasteiger charge is 2.26. The van der Waals surface area contributed by atoms with Crippen molar-refractivity contribution in [2.24, 2.45) is 0 Å². The molecule has 7 nitrogen and oxygen atoms in total. The van der Waals surface area contributed by atoms with E-state index >= 15 is 0 Å². The van der Waals surface area contributed by atoms with E-state index < -0.39 is 0 Å². The summed E-state index contributed by atoms with van der Waals surface area (Å²) in [4.78, 5) is 28.5. The first-order chi connectivity index (χ1) is 15.0. The summed E-state index contributed by atoms with van der Waals surface area (Å²) in [6.45, 7) is 4.55. The van der Waals surface area contributed by atoms with Crippen LogP contribution < -0.4 is 14.5 Å². The largest absolute Gasteiger partial charge is 0.457 e. The number of carbonyl (C=O) groups is 1. The first-order valence-electron chi connectivity index (χ1n) is 10.4. The Balaban J connectivity index is 1.46. The molecule has 2 heterocycles. The molecule has 0 radical (unpaired) electrons. The molecule has 4 rings (SSSR count). The van der Waals surface area contributed by atoms with Gasteiger partial charge in [0, 0.05) is 52.0 Å². The molecule has 1 aliphatic heterocycles. The van der Waals surface area contributed by atoms with E-state index in [1.54, 1.807) is 0 Å². The van der Waals surface area contributed by atoms with E-state index in [0.717, 1.165) is 11.5 Å². The number of benzene rings is 2. The normalized spacial score (nSPS) is 13.8. The Kier molecular flexibility index (Phi) is 6.02. The van der Waals surface area contributed by atoms with E-state index in [1.807, 2.05) is 91.5 Å². The summed E-state index contributed by atoms with van der Waals surface area (Å²) in [7, 11) is 3.94. The lowest BCUT2D eigenvalue weighted by Gasteiger charge is -2.35. The SMILES string of the molecule is Cc1cc(N(C)C)nc(N2CCN(C(=O)c3ccccc3Oc3ccccc3)CC2)n1. The zero-order valence-corrected chi connectivity index (χ0v) is 18.2. The van der Waals surface area contributed by atoms with Crippen molar-refractivity contribution in [2.75, 3.05) is 50.1 Å². The van der Waals surface area contributed by atoms with Gasteiger partial charge in [0.25, 0.3) is 5.91 Å². The minimum Gasteiger partial charge on any atom is -0.457 e. The first-order valence-corrected chi connectivity index (χ1v) is 10.4. The van der Waals surface area contributed by atoms with E-state index in [4.69, 9.17) is 4.74 Å². The van der Waals surface area contributed by atoms with Crippen LogP contribution in [-0.2, 0) is 0 Å². The Morgan fingerprint density at radius 1 is 0.935 bits per heavy atom. The second-order valence-corrected chi connectivity index (χ2v) is 7.75. The van der Waals surface area contributed by atoms with Crippen molar-refractivity contribution >= 4 is 17.7 Å². The molecule has 1 fully saturated rings. The predicted octanol–water partition coefficient (Wildman–Crippen LogP) is 3.61. The van der Waals surface area contributed by atoms with E-state index in [2.05, 4.69) is 14.9 Å². The van der Waals surface area contributed by atoms with Crippen LogP contribution >= 0.6 is 0 Å². The number of hydrogen-bond donors (Lipinski definition) is 0. The number of piperazine rings is 1. The fraction of sp³-hybridized carbons (Fsp3) is 0.292. The second kappa shape index (κ2) is 9.04. The number of aryl methyl sites for hydroxylation is 1. The van der Waals surface area contributed by atoms with Gasteiger partial charge in [-0.25, -0.2) is 4.98 Å². The van der Waals surface area contributed by atoms with Crippen molar-refractivity contribution < 1.29 is 9.53 Å². The maximum Gasteiger partial charge on any atom is 0.257 e. The molecule has 1 saturated heterocycles. The zero-order valence-electron chi connectivity index (χ0n) is 18.2. The van der Waals surface area contributed by atoms with Gasteiger partial charge >= 0.3 is 0 Å².